The number of carboxylic acid groups (broad SMARTS) is 1. The van der Waals surface area contributed by atoms with Gasteiger partial charge >= 0.3 is 29.1 Å². The van der Waals surface area contributed by atoms with Crippen LogP contribution in [-0.4, -0.2) is 30.2 Å². The molecule has 0 aliphatic carbocycles. The van der Waals surface area contributed by atoms with Gasteiger partial charge in [-0.3, -0.25) is 4.79 Å². The molecule has 1 amide bonds. The zero-order valence-corrected chi connectivity index (χ0v) is 13.7. The summed E-state index contributed by atoms with van der Waals surface area (Å²) in [6.45, 7) is -0.526. The van der Waals surface area contributed by atoms with Crippen LogP contribution in [-0.2, 0) is 49.9 Å². The Morgan fingerprint density at radius 2 is 2.08 bits per heavy atom. The van der Waals surface area contributed by atoms with Gasteiger partial charge in [0.1, 0.15) is 0 Å². The molecule has 0 fully saturated rings. The van der Waals surface area contributed by atoms with Crippen molar-refractivity contribution in [1.82, 2.24) is 5.32 Å². The van der Waals surface area contributed by atoms with E-state index >= 15 is 0 Å². The summed E-state index contributed by atoms with van der Waals surface area (Å²) >= 11 is 4.48. The average molecular weight is 393 g/mol. The van der Waals surface area contributed by atoms with Crippen LogP contribution in [0.5, 0.6) is 0 Å². The van der Waals surface area contributed by atoms with Crippen LogP contribution in [0.3, 0.4) is 0 Å². The molecule has 3 N–H and O–H groups in total. The van der Waals surface area contributed by atoms with Gasteiger partial charge < -0.3 is 41.0 Å². The van der Waals surface area contributed by atoms with E-state index in [9.17, 15) is 14.7 Å². The first-order valence-corrected chi connectivity index (χ1v) is 3.47. The molecule has 0 spiro atoms. The molecule has 0 rings (SSSR count). The van der Waals surface area contributed by atoms with Gasteiger partial charge in [0.15, 0.2) is 0 Å². The summed E-state index contributed by atoms with van der Waals surface area (Å²) in [6, 6.07) is -0.815. The van der Waals surface area contributed by atoms with E-state index in [4.69, 9.17) is 5.73 Å². The van der Waals surface area contributed by atoms with Crippen molar-refractivity contribution in [1.29, 1.82) is 0 Å². The van der Waals surface area contributed by atoms with Crippen molar-refractivity contribution in [3.63, 3.8) is 0 Å². The quantitative estimate of drug-likeness (QED) is 0.308. The molecule has 0 aliphatic heterocycles. The molecule has 0 saturated carbocycles. The number of carbonyl (C=O) groups excluding carboxylic acids is 2. The molecule has 0 aromatic carbocycles. The number of amides is 1. The summed E-state index contributed by atoms with van der Waals surface area (Å²) < 4.78 is 0. The summed E-state index contributed by atoms with van der Waals surface area (Å²) in [6.07, 6.45) is 0. The summed E-state index contributed by atoms with van der Waals surface area (Å²) in [4.78, 5) is 20.5. The zero-order chi connectivity index (χ0) is 8.85. The van der Waals surface area contributed by atoms with E-state index in [2.05, 4.69) is 12.6 Å². The second-order valence-corrected chi connectivity index (χ2v) is 2.20. The number of rotatable bonds is 4. The van der Waals surface area contributed by atoms with Crippen LogP contribution in [0.4, 0.5) is 0 Å². The Morgan fingerprint density at radius 3 is 2.38 bits per heavy atom. The SMILES string of the molecule is NC(C[S-])C(=O)NCC(=O)[O-].[CH3-].[H+].[Hg+2]. The average Bonchev–Trinajstić information content (AvgIpc) is 1.98. The molecular weight excluding hydrogens is 381 g/mol. The zero-order valence-electron chi connectivity index (χ0n) is 8.41. The minimum atomic E-state index is -1.35. The summed E-state index contributed by atoms with van der Waals surface area (Å²) in [5, 5.41) is 11.9. The van der Waals surface area contributed by atoms with Gasteiger partial charge in [0, 0.05) is 0 Å². The molecule has 1 unspecified atom stereocenters. The number of nitrogens with two attached hydrogens (primary N) is 1. The van der Waals surface area contributed by atoms with Crippen molar-refractivity contribution in [3.8, 4) is 0 Å². The fraction of sp³-hybridized carbons (Fsp3) is 0.500. The number of nitrogens with one attached hydrogen (secondary N) is 1. The summed E-state index contributed by atoms with van der Waals surface area (Å²) in [5.41, 5.74) is 5.17. The summed E-state index contributed by atoms with van der Waals surface area (Å²) in [7, 11) is 0. The van der Waals surface area contributed by atoms with Crippen molar-refractivity contribution in [3.05, 3.63) is 7.43 Å². The minimum Gasteiger partial charge on any atom is -0.791 e. The Labute approximate surface area is 105 Å². The molecule has 13 heavy (non-hydrogen) atoms. The van der Waals surface area contributed by atoms with Gasteiger partial charge in [0.2, 0.25) is 5.91 Å². The van der Waals surface area contributed by atoms with Crippen molar-refractivity contribution < 1.29 is 43.8 Å². The van der Waals surface area contributed by atoms with E-state index in [1.165, 1.54) is 0 Å². The van der Waals surface area contributed by atoms with Crippen LogP contribution in [0.2, 0.25) is 0 Å². The number of hydrogen-bond donors (Lipinski definition) is 2. The van der Waals surface area contributed by atoms with E-state index < -0.39 is 24.5 Å². The number of carbonyl (C=O) groups is 2. The van der Waals surface area contributed by atoms with Gasteiger partial charge in [-0.05, 0) is 0 Å². The van der Waals surface area contributed by atoms with Crippen molar-refractivity contribution in [2.75, 3.05) is 12.3 Å². The maximum absolute atomic E-state index is 10.7. The molecule has 0 aromatic heterocycles. The second kappa shape index (κ2) is 10.3. The Kier molecular flexibility index (Phi) is 14.9. The molecule has 0 saturated heterocycles. The maximum atomic E-state index is 10.7. The Balaban J connectivity index is -0.000000167. The first-order valence-electron chi connectivity index (χ1n) is 2.89. The van der Waals surface area contributed by atoms with Gasteiger partial charge in [-0.25, -0.2) is 0 Å². The topological polar surface area (TPSA) is 95.2 Å². The van der Waals surface area contributed by atoms with E-state index in [0.29, 0.717) is 0 Å². The first-order chi connectivity index (χ1) is 5.07. The molecule has 72 valence electrons. The van der Waals surface area contributed by atoms with Crippen molar-refractivity contribution in [2.24, 2.45) is 5.73 Å². The smallest absolute Gasteiger partial charge is 0.791 e. The molecule has 0 heterocycles. The maximum Gasteiger partial charge on any atom is 2.00 e. The van der Waals surface area contributed by atoms with E-state index in [1.54, 1.807) is 0 Å². The third-order valence-corrected chi connectivity index (χ3v) is 1.28. The summed E-state index contributed by atoms with van der Waals surface area (Å²) in [5.74, 6) is -1.85. The van der Waals surface area contributed by atoms with Gasteiger partial charge in [0.05, 0.1) is 18.6 Å². The van der Waals surface area contributed by atoms with Crippen LogP contribution in [0.25, 0.3) is 0 Å². The predicted molar refractivity (Wildman–Crippen MR) is 45.8 cm³/mol. The van der Waals surface area contributed by atoms with Gasteiger partial charge in [-0.2, -0.15) is 5.75 Å². The normalized spacial score (nSPS) is 10.3. The monoisotopic (exact) mass is 394 g/mol. The van der Waals surface area contributed by atoms with Crippen LogP contribution in [0, 0.1) is 7.43 Å². The molecule has 0 aliphatic rings. The van der Waals surface area contributed by atoms with Crippen LogP contribution < -0.4 is 16.2 Å². The van der Waals surface area contributed by atoms with Gasteiger partial charge in [-0.1, -0.05) is 0 Å². The van der Waals surface area contributed by atoms with E-state index in [0.717, 1.165) is 0 Å². The molecule has 7 heteroatoms. The Bertz CT molecular complexity index is 173. The van der Waals surface area contributed by atoms with Crippen LogP contribution >= 0.6 is 0 Å². The molecule has 0 aromatic rings. The van der Waals surface area contributed by atoms with E-state index in [-0.39, 0.29) is 42.3 Å². The third-order valence-electron chi connectivity index (χ3n) is 0.923. The number of aliphatic carboxylic acids is 1. The largest absolute Gasteiger partial charge is 2.00 e. The standard InChI is InChI=1S/C5H10N2O3S.CH3.Hg/c6-3(2-11)5(10)7-1-4(8)9;;/h3,11H,1-2,6H2,(H,7,10)(H,8,9);1H3;/q;-1;+2/p-1. The van der Waals surface area contributed by atoms with Gasteiger partial charge in [-0.15, -0.1) is 0 Å². The van der Waals surface area contributed by atoms with Gasteiger partial charge in [0.25, 0.3) is 0 Å². The minimum absolute atomic E-state index is 0. The first kappa shape index (κ1) is 18.9. The fourth-order valence-corrected chi connectivity index (χ4v) is 0.517. The molecule has 0 bridgehead atoms. The molecule has 5 nitrogen and oxygen atoms in total. The fourth-order valence-electron chi connectivity index (χ4n) is 0.366. The second-order valence-electron chi connectivity index (χ2n) is 1.86. The Morgan fingerprint density at radius 1 is 1.62 bits per heavy atom. The molecule has 0 radical (unpaired) electrons. The number of hydrogen-bond acceptors (Lipinski definition) is 5. The molecule has 1 atom stereocenters. The Hall–Kier alpha value is 0.185. The van der Waals surface area contributed by atoms with Crippen LogP contribution in [0.15, 0.2) is 0 Å². The van der Waals surface area contributed by atoms with E-state index in [1.807, 2.05) is 5.32 Å². The molecular formula is C6H12HgN2O3S. The number of carboxylic acids is 1. The predicted octanol–water partition coefficient (Wildman–Crippen LogP) is -2.71. The van der Waals surface area contributed by atoms with Crippen LogP contribution in [0.1, 0.15) is 1.43 Å². The van der Waals surface area contributed by atoms with Crippen molar-refractivity contribution >= 4 is 24.5 Å². The van der Waals surface area contributed by atoms with Crippen molar-refractivity contribution in [2.45, 2.75) is 6.04 Å². The third kappa shape index (κ3) is 10.1.